The largest absolute Gasteiger partial charge is 0.481 e. The van der Waals surface area contributed by atoms with Gasteiger partial charge in [-0.15, -0.1) is 0 Å². The van der Waals surface area contributed by atoms with E-state index in [1.807, 2.05) is 4.90 Å². The summed E-state index contributed by atoms with van der Waals surface area (Å²) in [5, 5.41) is 18.7. The minimum Gasteiger partial charge on any atom is -0.481 e. The van der Waals surface area contributed by atoms with Gasteiger partial charge in [-0.1, -0.05) is 0 Å². The van der Waals surface area contributed by atoms with E-state index in [1.165, 1.54) is 0 Å². The molecule has 2 bridgehead atoms. The fraction of sp³-hybridized carbons (Fsp3) is 0.846. The van der Waals surface area contributed by atoms with Crippen molar-refractivity contribution in [3.63, 3.8) is 0 Å². The summed E-state index contributed by atoms with van der Waals surface area (Å²) in [5.74, 6) is -0.841. The fourth-order valence-corrected chi connectivity index (χ4v) is 4.59. The number of carbonyl (C=O) groups is 2. The third kappa shape index (κ3) is 1.07. The molecule has 5 heteroatoms. The number of fused-ring (bicyclic) bond motifs is 3. The van der Waals surface area contributed by atoms with Crippen molar-refractivity contribution in [3.8, 4) is 0 Å². The lowest BCUT2D eigenvalue weighted by Gasteiger charge is -2.35. The van der Waals surface area contributed by atoms with E-state index in [0.29, 0.717) is 12.8 Å². The van der Waals surface area contributed by atoms with Crippen molar-refractivity contribution in [2.75, 3.05) is 0 Å². The van der Waals surface area contributed by atoms with E-state index in [4.69, 9.17) is 0 Å². The molecule has 0 unspecified atom stereocenters. The van der Waals surface area contributed by atoms with Gasteiger partial charge in [0.25, 0.3) is 0 Å². The van der Waals surface area contributed by atoms with Gasteiger partial charge < -0.3 is 15.1 Å². The lowest BCUT2D eigenvalue weighted by Crippen LogP contribution is -2.48. The predicted molar refractivity (Wildman–Crippen MR) is 60.6 cm³/mol. The molecule has 0 spiro atoms. The number of aliphatic hydroxyl groups excluding tert-OH is 1. The second kappa shape index (κ2) is 3.07. The number of carbonyl (C=O) groups excluding carboxylic acids is 1. The molecule has 0 radical (unpaired) electrons. The molecule has 2 heterocycles. The lowest BCUT2D eigenvalue weighted by molar-refractivity contribution is -0.147. The third-order valence-electron chi connectivity index (χ3n) is 5.69. The number of nitrogens with zero attached hydrogens (tertiary/aromatic N) is 1. The smallest absolute Gasteiger partial charge is 0.308 e. The summed E-state index contributed by atoms with van der Waals surface area (Å²) in [7, 11) is 0. The monoisotopic (exact) mass is 251 g/mol. The minimum absolute atomic E-state index is 0.0895. The first-order chi connectivity index (χ1) is 8.54. The van der Waals surface area contributed by atoms with Crippen LogP contribution in [0.4, 0.5) is 0 Å². The van der Waals surface area contributed by atoms with E-state index in [0.717, 1.165) is 19.3 Å². The van der Waals surface area contributed by atoms with Gasteiger partial charge in [-0.2, -0.15) is 0 Å². The summed E-state index contributed by atoms with van der Waals surface area (Å²) in [5.41, 5.74) is -0.298. The molecule has 6 atom stereocenters. The molecule has 2 saturated carbocycles. The molecule has 0 aromatic heterocycles. The zero-order valence-corrected chi connectivity index (χ0v) is 10.1. The average molecular weight is 251 g/mol. The van der Waals surface area contributed by atoms with Gasteiger partial charge in [0.2, 0.25) is 5.91 Å². The maximum absolute atomic E-state index is 12.6. The van der Waals surface area contributed by atoms with Crippen LogP contribution in [0, 0.1) is 17.3 Å². The highest BCUT2D eigenvalue weighted by atomic mass is 16.4. The summed E-state index contributed by atoms with van der Waals surface area (Å²) in [6.45, 7) is 0. The number of amides is 1. The Morgan fingerprint density at radius 2 is 2.00 bits per heavy atom. The predicted octanol–water partition coefficient (Wildman–Crippen LogP) is 0.221. The van der Waals surface area contributed by atoms with Crippen molar-refractivity contribution in [1.82, 2.24) is 4.90 Å². The van der Waals surface area contributed by atoms with Gasteiger partial charge in [0, 0.05) is 18.0 Å². The number of rotatable bonds is 2. The van der Waals surface area contributed by atoms with Crippen LogP contribution in [0.25, 0.3) is 0 Å². The summed E-state index contributed by atoms with van der Waals surface area (Å²) in [6, 6.07) is 0.0466. The molecule has 0 aromatic carbocycles. The van der Waals surface area contributed by atoms with Gasteiger partial charge in [-0.25, -0.2) is 0 Å². The second-order valence-corrected chi connectivity index (χ2v) is 6.43. The van der Waals surface area contributed by atoms with Crippen molar-refractivity contribution >= 4 is 11.9 Å². The number of aliphatic hydroxyl groups is 1. The molecular formula is C13H17NO4. The maximum atomic E-state index is 12.6. The molecule has 2 N–H and O–H groups in total. The van der Waals surface area contributed by atoms with Gasteiger partial charge in [0.05, 0.1) is 17.4 Å². The van der Waals surface area contributed by atoms with E-state index in [-0.39, 0.29) is 41.3 Å². The van der Waals surface area contributed by atoms with Crippen LogP contribution in [0.5, 0.6) is 0 Å². The Bertz CT molecular complexity index is 450. The molecule has 5 nitrogen and oxygen atoms in total. The average Bonchev–Trinajstić information content (AvgIpc) is 2.67. The van der Waals surface area contributed by atoms with Crippen molar-refractivity contribution in [2.24, 2.45) is 17.3 Å². The Morgan fingerprint density at radius 3 is 2.50 bits per heavy atom. The first kappa shape index (κ1) is 10.8. The zero-order chi connectivity index (χ0) is 12.7. The molecule has 2 aliphatic carbocycles. The molecule has 4 fully saturated rings. The molecule has 2 saturated heterocycles. The molecule has 0 aromatic rings. The van der Waals surface area contributed by atoms with Crippen LogP contribution in [0.3, 0.4) is 0 Å². The van der Waals surface area contributed by atoms with Crippen molar-refractivity contribution in [3.05, 3.63) is 0 Å². The van der Waals surface area contributed by atoms with Crippen LogP contribution in [0.15, 0.2) is 0 Å². The molecule has 1 amide bonds. The van der Waals surface area contributed by atoms with Crippen molar-refractivity contribution in [1.29, 1.82) is 0 Å². The topological polar surface area (TPSA) is 77.8 Å². The van der Waals surface area contributed by atoms with E-state index >= 15 is 0 Å². The number of carboxylic acid groups (broad SMARTS) is 1. The first-order valence-corrected chi connectivity index (χ1v) is 6.78. The Hall–Kier alpha value is -1.10. The normalized spacial score (nSPS) is 51.8. The number of hydrogen-bond acceptors (Lipinski definition) is 3. The number of hydrogen-bond donors (Lipinski definition) is 2. The summed E-state index contributed by atoms with van der Waals surface area (Å²) in [6.07, 6.45) is 3.49. The van der Waals surface area contributed by atoms with Gasteiger partial charge in [-0.05, 0) is 32.1 Å². The van der Waals surface area contributed by atoms with Crippen molar-refractivity contribution < 1.29 is 19.8 Å². The molecule has 18 heavy (non-hydrogen) atoms. The molecule has 98 valence electrons. The van der Waals surface area contributed by atoms with Crippen LogP contribution in [-0.4, -0.2) is 45.2 Å². The van der Waals surface area contributed by atoms with E-state index < -0.39 is 5.97 Å². The summed E-state index contributed by atoms with van der Waals surface area (Å²) >= 11 is 0. The fourth-order valence-electron chi connectivity index (χ4n) is 4.59. The Balaban J connectivity index is 1.56. The highest BCUT2D eigenvalue weighted by Gasteiger charge is 2.73. The highest BCUT2D eigenvalue weighted by molar-refractivity contribution is 5.90. The van der Waals surface area contributed by atoms with E-state index in [1.54, 1.807) is 0 Å². The lowest BCUT2D eigenvalue weighted by atomic mass is 9.80. The van der Waals surface area contributed by atoms with Crippen LogP contribution in [-0.2, 0) is 9.59 Å². The number of aliphatic carboxylic acids is 1. The zero-order valence-electron chi connectivity index (χ0n) is 10.1. The van der Waals surface area contributed by atoms with E-state index in [9.17, 15) is 19.8 Å². The SMILES string of the molecule is O=C(O)[C@@H]1C[C@H]2CC[C@@H]1N2C(=O)[C@]12C[C@@H](O)[C@H]1C2. The van der Waals surface area contributed by atoms with Crippen molar-refractivity contribution in [2.45, 2.75) is 50.3 Å². The molecule has 4 aliphatic rings. The molecule has 2 aliphatic heterocycles. The Morgan fingerprint density at radius 1 is 1.22 bits per heavy atom. The van der Waals surface area contributed by atoms with Gasteiger partial charge in [0.15, 0.2) is 0 Å². The number of carboxylic acids is 1. The van der Waals surface area contributed by atoms with Gasteiger partial charge in [0.1, 0.15) is 0 Å². The highest BCUT2D eigenvalue weighted by Crippen LogP contribution is 2.69. The third-order valence-corrected chi connectivity index (χ3v) is 5.69. The first-order valence-electron chi connectivity index (χ1n) is 6.78. The second-order valence-electron chi connectivity index (χ2n) is 6.43. The Kier molecular flexibility index (Phi) is 1.84. The molecule has 4 rings (SSSR count). The van der Waals surface area contributed by atoms with Crippen LogP contribution in [0.1, 0.15) is 32.1 Å². The molecular weight excluding hydrogens is 234 g/mol. The van der Waals surface area contributed by atoms with Crippen LogP contribution in [0.2, 0.25) is 0 Å². The maximum Gasteiger partial charge on any atom is 0.308 e. The summed E-state index contributed by atoms with van der Waals surface area (Å²) < 4.78 is 0. The minimum atomic E-state index is -0.765. The Labute approximate surface area is 105 Å². The standard InChI is InChI=1S/C13H17NO4/c15-10-5-13(4-8(10)13)12(18)14-6-1-2-9(14)7(3-6)11(16)17/h6-10,15H,1-5H2,(H,16,17)/t6-,7-,8-,9+,10-,13-/m1/s1. The van der Waals surface area contributed by atoms with Crippen LogP contribution >= 0.6 is 0 Å². The quantitative estimate of drug-likeness (QED) is 0.736. The van der Waals surface area contributed by atoms with Gasteiger partial charge >= 0.3 is 5.97 Å². The van der Waals surface area contributed by atoms with Gasteiger partial charge in [-0.3, -0.25) is 9.59 Å². The summed E-state index contributed by atoms with van der Waals surface area (Å²) in [4.78, 5) is 25.6. The van der Waals surface area contributed by atoms with Crippen LogP contribution < -0.4 is 0 Å². The van der Waals surface area contributed by atoms with E-state index in [2.05, 4.69) is 0 Å².